The summed E-state index contributed by atoms with van der Waals surface area (Å²) in [5, 5.41) is 23.5. The third-order valence-corrected chi connectivity index (χ3v) is 15.2. The lowest BCUT2D eigenvalue weighted by molar-refractivity contribution is -0.143. The van der Waals surface area contributed by atoms with E-state index >= 15 is 0 Å². The van der Waals surface area contributed by atoms with E-state index in [2.05, 4.69) is 37.9 Å². The Morgan fingerprint density at radius 2 is 1.81 bits per heavy atom. The average molecular weight is 911 g/mol. The van der Waals surface area contributed by atoms with Crippen LogP contribution in [0.3, 0.4) is 0 Å². The number of hydrogen-bond donors (Lipinski definition) is 3. The highest BCUT2D eigenvalue weighted by molar-refractivity contribution is 8.00. The van der Waals surface area contributed by atoms with Gasteiger partial charge in [0.05, 0.1) is 23.4 Å². The fourth-order valence-corrected chi connectivity index (χ4v) is 10.5. The summed E-state index contributed by atoms with van der Waals surface area (Å²) in [5.74, 6) is -0.372. The van der Waals surface area contributed by atoms with E-state index in [9.17, 15) is 29.1 Å². The van der Waals surface area contributed by atoms with E-state index in [0.29, 0.717) is 55.1 Å². The lowest BCUT2D eigenvalue weighted by atomic mass is 9.83. The average Bonchev–Trinajstić information content (AvgIpc) is 3.88. The number of amides is 4. The van der Waals surface area contributed by atoms with Gasteiger partial charge in [-0.2, -0.15) is 0 Å². The molecule has 3 N–H and O–H groups in total. The van der Waals surface area contributed by atoms with Gasteiger partial charge in [-0.3, -0.25) is 33.8 Å². The maximum atomic E-state index is 14.5. The quantitative estimate of drug-likeness (QED) is 0.0455. The molecule has 1 aromatic heterocycles. The number of unbranched alkanes of at least 4 members (excludes halogenated alkanes) is 1. The third kappa shape index (κ3) is 15.0. The van der Waals surface area contributed by atoms with Crippen LogP contribution in [-0.4, -0.2) is 123 Å². The second-order valence-corrected chi connectivity index (χ2v) is 20.1. The zero-order valence-corrected chi connectivity index (χ0v) is 40.6. The van der Waals surface area contributed by atoms with Crippen molar-refractivity contribution >= 4 is 58.2 Å². The number of thioether (sulfide) groups is 1. The highest BCUT2D eigenvalue weighted by atomic mass is 32.2. The Hall–Kier alpha value is -3.50. The predicted octanol–water partition coefficient (Wildman–Crippen LogP) is 7.88. The van der Waals surface area contributed by atoms with Crippen LogP contribution >= 0.6 is 23.1 Å². The Morgan fingerprint density at radius 1 is 1.08 bits per heavy atom. The fourth-order valence-electron chi connectivity index (χ4n) is 8.55. The zero-order chi connectivity index (χ0) is 46.2. The summed E-state index contributed by atoms with van der Waals surface area (Å²) < 4.78 is 6.60. The first kappa shape index (κ1) is 52.1. The number of rotatable bonds is 27. The fraction of sp³-hybridized carbons (Fsp3) is 0.688. The van der Waals surface area contributed by atoms with Crippen molar-refractivity contribution in [3.8, 4) is 0 Å². The zero-order valence-electron chi connectivity index (χ0n) is 39.0. The maximum absolute atomic E-state index is 14.5. The standard InChI is InChI=1S/C48H74N6O7S2/c1-9-32(5)36(27-40(55)38-22-14-15-23-52(38)7)47(59)53(8)39(31(3)4)28-41(46-51-37(30-63-46)45(58)50-33(6)44(57)34-19-12-11-13-20-34)61-25-17-16-24-54-43(56)29-42(48(54)60)62-26-18-21-35(49)10-2/h11-13,19-20,30-33,36,38-39,41-42,44,49,57H,9-10,14-18,21-29H2,1-8H3,(H,50,58)/t32-,33+,36-,38?,39+,41+,42?,44?/m0/s1. The number of likely N-dealkylation sites (N-methyl/N-ethyl adjacent to an activating group) is 1. The molecule has 13 nitrogen and oxygen atoms in total. The van der Waals surface area contributed by atoms with Gasteiger partial charge >= 0.3 is 0 Å². The maximum Gasteiger partial charge on any atom is 0.271 e. The monoisotopic (exact) mass is 911 g/mol. The molecule has 2 aliphatic heterocycles. The van der Waals surface area contributed by atoms with E-state index in [0.717, 1.165) is 50.8 Å². The minimum absolute atomic E-state index is 0.00472. The molecule has 4 rings (SSSR count). The van der Waals surface area contributed by atoms with Crippen molar-refractivity contribution in [3.63, 3.8) is 0 Å². The number of likely N-dealkylation sites (tertiary alicyclic amines) is 2. The third-order valence-electron chi connectivity index (χ3n) is 13.0. The molecule has 0 bridgehead atoms. The number of ether oxygens (including phenoxy) is 1. The normalized spacial score (nSPS) is 20.0. The molecule has 1 aromatic carbocycles. The smallest absolute Gasteiger partial charge is 0.271 e. The molecule has 63 heavy (non-hydrogen) atoms. The van der Waals surface area contributed by atoms with Crippen LogP contribution in [0.25, 0.3) is 0 Å². The molecular weight excluding hydrogens is 837 g/mol. The van der Waals surface area contributed by atoms with Gasteiger partial charge in [-0.05, 0) is 88.6 Å². The lowest BCUT2D eigenvalue weighted by Crippen LogP contribution is -2.48. The summed E-state index contributed by atoms with van der Waals surface area (Å²) in [6.07, 6.45) is 6.31. The number of thiazole rings is 1. The molecular formula is C48H74N6O7S2. The van der Waals surface area contributed by atoms with E-state index in [4.69, 9.17) is 15.1 Å². The topological polar surface area (TPSA) is 173 Å². The van der Waals surface area contributed by atoms with E-state index in [1.54, 1.807) is 17.2 Å². The number of benzene rings is 1. The van der Waals surface area contributed by atoms with Gasteiger partial charge in [0.15, 0.2) is 5.78 Å². The first-order chi connectivity index (χ1) is 30.1. The molecule has 2 aliphatic rings. The van der Waals surface area contributed by atoms with Crippen LogP contribution in [0, 0.1) is 23.2 Å². The minimum Gasteiger partial charge on any atom is -0.386 e. The number of hydrogen-bond acceptors (Lipinski definition) is 12. The van der Waals surface area contributed by atoms with Crippen molar-refractivity contribution in [3.05, 3.63) is 52.0 Å². The van der Waals surface area contributed by atoms with Crippen molar-refractivity contribution in [2.45, 2.75) is 154 Å². The van der Waals surface area contributed by atoms with Gasteiger partial charge in [0, 0.05) is 62.5 Å². The van der Waals surface area contributed by atoms with Gasteiger partial charge in [-0.1, -0.05) is 77.8 Å². The number of carbonyl (C=O) groups is 5. The number of aliphatic hydroxyl groups is 1. The van der Waals surface area contributed by atoms with Gasteiger partial charge in [0.25, 0.3) is 5.91 Å². The number of nitrogens with zero attached hydrogens (tertiary/aromatic N) is 4. The van der Waals surface area contributed by atoms with Crippen molar-refractivity contribution in [1.29, 1.82) is 5.41 Å². The van der Waals surface area contributed by atoms with Crippen LogP contribution < -0.4 is 5.32 Å². The Bertz CT molecular complexity index is 1810. The number of ketones is 1. The van der Waals surface area contributed by atoms with Gasteiger partial charge < -0.3 is 25.5 Å². The number of nitrogens with one attached hydrogen (secondary N) is 2. The van der Waals surface area contributed by atoms with E-state index in [1.165, 1.54) is 28.0 Å². The molecule has 8 atom stereocenters. The second kappa shape index (κ2) is 25.8. The van der Waals surface area contributed by atoms with Gasteiger partial charge in [-0.25, -0.2) is 4.98 Å². The summed E-state index contributed by atoms with van der Waals surface area (Å²) in [6, 6.07) is 8.11. The van der Waals surface area contributed by atoms with Crippen LogP contribution in [0.4, 0.5) is 0 Å². The summed E-state index contributed by atoms with van der Waals surface area (Å²) in [7, 11) is 3.82. The molecule has 2 aromatic rings. The lowest BCUT2D eigenvalue weighted by Gasteiger charge is -2.38. The molecule has 3 unspecified atom stereocenters. The Labute approximate surface area is 384 Å². The Kier molecular flexibility index (Phi) is 21.4. The molecule has 0 aliphatic carbocycles. The molecule has 2 fully saturated rings. The molecule has 0 spiro atoms. The predicted molar refractivity (Wildman–Crippen MR) is 252 cm³/mol. The summed E-state index contributed by atoms with van der Waals surface area (Å²) in [5.41, 5.74) is 1.59. The van der Waals surface area contributed by atoms with E-state index in [-0.39, 0.29) is 71.2 Å². The van der Waals surface area contributed by atoms with E-state index < -0.39 is 30.1 Å². The van der Waals surface area contributed by atoms with Crippen molar-refractivity contribution in [2.75, 3.05) is 39.5 Å². The number of aromatic nitrogens is 1. The SMILES string of the molecule is CCC(=N)CCCSC1CC(=O)N(CCCCO[C@H](C[C@H](C(C)C)N(C)C(=O)[C@@H](CC(=O)C2CCCCN2C)[C@@H](C)CC)c2nc(C(=O)N[C@H](C)C(O)c3ccccc3)cs2)C1=O. The Morgan fingerprint density at radius 3 is 2.48 bits per heavy atom. The minimum atomic E-state index is -0.912. The molecule has 4 amide bonds. The van der Waals surface area contributed by atoms with Crippen LogP contribution in [-0.2, 0) is 23.9 Å². The number of Topliss-reactive ketones (excluding diaryl/α,β-unsaturated/α-hetero) is 1. The van der Waals surface area contributed by atoms with Crippen molar-refractivity contribution in [1.82, 2.24) is 25.0 Å². The van der Waals surface area contributed by atoms with Gasteiger partial charge in [0.2, 0.25) is 17.7 Å². The van der Waals surface area contributed by atoms with Gasteiger partial charge in [-0.15, -0.1) is 23.1 Å². The summed E-state index contributed by atoms with van der Waals surface area (Å²) in [4.78, 5) is 77.8. The highest BCUT2D eigenvalue weighted by Gasteiger charge is 2.39. The number of aliphatic hydroxyl groups excluding tert-OH is 1. The molecule has 0 saturated carbocycles. The van der Waals surface area contributed by atoms with Crippen LogP contribution in [0.2, 0.25) is 0 Å². The van der Waals surface area contributed by atoms with Crippen molar-refractivity contribution < 1.29 is 33.8 Å². The molecule has 350 valence electrons. The Balaban J connectivity index is 1.47. The number of carbonyl (C=O) groups excluding carboxylic acids is 5. The molecule has 0 radical (unpaired) electrons. The summed E-state index contributed by atoms with van der Waals surface area (Å²) >= 11 is 2.81. The highest BCUT2D eigenvalue weighted by Crippen LogP contribution is 2.33. The van der Waals surface area contributed by atoms with Crippen LogP contribution in [0.15, 0.2) is 35.7 Å². The van der Waals surface area contributed by atoms with Crippen molar-refractivity contribution in [2.24, 2.45) is 17.8 Å². The summed E-state index contributed by atoms with van der Waals surface area (Å²) in [6.45, 7) is 13.4. The van der Waals surface area contributed by atoms with Crippen LogP contribution in [0.1, 0.15) is 152 Å². The number of piperidine rings is 1. The van der Waals surface area contributed by atoms with E-state index in [1.807, 2.05) is 51.4 Å². The molecule has 15 heteroatoms. The largest absolute Gasteiger partial charge is 0.386 e. The molecule has 3 heterocycles. The second-order valence-electron chi connectivity index (χ2n) is 17.9. The first-order valence-electron chi connectivity index (χ1n) is 23.2. The van der Waals surface area contributed by atoms with Gasteiger partial charge in [0.1, 0.15) is 16.8 Å². The first-order valence-corrected chi connectivity index (χ1v) is 25.1. The molecule has 2 saturated heterocycles. The number of imide groups is 1. The van der Waals surface area contributed by atoms with Crippen LogP contribution in [0.5, 0.6) is 0 Å².